The highest BCUT2D eigenvalue weighted by Gasteiger charge is 2.12. The van der Waals surface area contributed by atoms with Crippen molar-refractivity contribution >= 4 is 5.97 Å². The zero-order valence-corrected chi connectivity index (χ0v) is 9.94. The quantitative estimate of drug-likeness (QED) is 0.322. The van der Waals surface area contributed by atoms with Crippen LogP contribution in [0.2, 0.25) is 0 Å². The number of unbranched alkanes of at least 4 members (excludes halogenated alkanes) is 1. The average Bonchev–Trinajstić information content (AvgIpc) is 2.38. The van der Waals surface area contributed by atoms with Crippen molar-refractivity contribution in [1.82, 2.24) is 5.43 Å². The largest absolute Gasteiger partial charge is 0.496 e. The van der Waals surface area contributed by atoms with Crippen molar-refractivity contribution < 1.29 is 14.3 Å². The maximum Gasteiger partial charge on any atom is 0.341 e. The number of esters is 1. The van der Waals surface area contributed by atoms with Gasteiger partial charge in [0.15, 0.2) is 0 Å². The van der Waals surface area contributed by atoms with E-state index in [0.29, 0.717) is 24.5 Å². The summed E-state index contributed by atoms with van der Waals surface area (Å²) in [5.74, 6) is 5.30. The van der Waals surface area contributed by atoms with E-state index in [4.69, 9.17) is 15.3 Å². The van der Waals surface area contributed by atoms with Crippen LogP contribution in [-0.4, -0.2) is 26.2 Å². The van der Waals surface area contributed by atoms with Crippen LogP contribution in [0.5, 0.6) is 5.75 Å². The lowest BCUT2D eigenvalue weighted by Crippen LogP contribution is -2.23. The summed E-state index contributed by atoms with van der Waals surface area (Å²) in [6.45, 7) is 1.10. The van der Waals surface area contributed by atoms with Gasteiger partial charge < -0.3 is 9.47 Å². The molecule has 0 aliphatic rings. The number of methoxy groups -OCH3 is 1. The Balaban J connectivity index is 2.41. The lowest BCUT2D eigenvalue weighted by atomic mass is 10.2. The van der Waals surface area contributed by atoms with Crippen LogP contribution in [0.25, 0.3) is 0 Å². The first-order valence-electron chi connectivity index (χ1n) is 5.53. The minimum absolute atomic E-state index is 0.358. The molecule has 5 heteroatoms. The molecule has 17 heavy (non-hydrogen) atoms. The standard InChI is InChI=1S/C12H18N2O3/c1-16-11-7-3-2-6-10(11)12(15)17-9-5-4-8-14-13/h2-3,6-7,14H,4-5,8-9,13H2,1H3. The predicted octanol–water partition coefficient (Wildman–Crippen LogP) is 1.10. The van der Waals surface area contributed by atoms with E-state index in [0.717, 1.165) is 12.8 Å². The molecule has 0 heterocycles. The second kappa shape index (κ2) is 7.65. The van der Waals surface area contributed by atoms with Gasteiger partial charge in [-0.3, -0.25) is 11.3 Å². The maximum absolute atomic E-state index is 11.7. The van der Waals surface area contributed by atoms with Crippen LogP contribution in [0.3, 0.4) is 0 Å². The SMILES string of the molecule is COc1ccccc1C(=O)OCCCCNN. The number of carbonyl (C=O) groups excluding carboxylic acids is 1. The Morgan fingerprint density at radius 2 is 2.12 bits per heavy atom. The Hall–Kier alpha value is -1.59. The molecule has 0 spiro atoms. The van der Waals surface area contributed by atoms with Gasteiger partial charge in [0.1, 0.15) is 11.3 Å². The predicted molar refractivity (Wildman–Crippen MR) is 64.7 cm³/mol. The fraction of sp³-hybridized carbons (Fsp3) is 0.417. The fourth-order valence-corrected chi connectivity index (χ4v) is 1.39. The molecular weight excluding hydrogens is 220 g/mol. The molecule has 0 aliphatic carbocycles. The molecule has 0 saturated carbocycles. The number of para-hydroxylation sites is 1. The van der Waals surface area contributed by atoms with Crippen LogP contribution in [0.4, 0.5) is 0 Å². The number of hydrazine groups is 1. The molecule has 0 radical (unpaired) electrons. The van der Waals surface area contributed by atoms with Crippen molar-refractivity contribution in [3.05, 3.63) is 29.8 Å². The number of benzene rings is 1. The van der Waals surface area contributed by atoms with Crippen molar-refractivity contribution in [2.75, 3.05) is 20.3 Å². The molecule has 0 atom stereocenters. The van der Waals surface area contributed by atoms with Gasteiger partial charge in [-0.25, -0.2) is 4.79 Å². The number of hydrogen-bond acceptors (Lipinski definition) is 5. The van der Waals surface area contributed by atoms with Crippen molar-refractivity contribution in [2.24, 2.45) is 5.84 Å². The first-order chi connectivity index (χ1) is 8.29. The van der Waals surface area contributed by atoms with Crippen LogP contribution in [0.1, 0.15) is 23.2 Å². The van der Waals surface area contributed by atoms with Crippen LogP contribution < -0.4 is 16.0 Å². The molecule has 0 aromatic heterocycles. The van der Waals surface area contributed by atoms with Crippen molar-refractivity contribution in [2.45, 2.75) is 12.8 Å². The summed E-state index contributed by atoms with van der Waals surface area (Å²) in [6, 6.07) is 7.00. The molecule has 0 unspecified atom stereocenters. The van der Waals surface area contributed by atoms with Gasteiger partial charge in [-0.1, -0.05) is 12.1 Å². The van der Waals surface area contributed by atoms with E-state index in [1.54, 1.807) is 18.2 Å². The second-order valence-electron chi connectivity index (χ2n) is 3.50. The third kappa shape index (κ3) is 4.42. The number of nitrogens with one attached hydrogen (secondary N) is 1. The van der Waals surface area contributed by atoms with Gasteiger partial charge in [0.2, 0.25) is 0 Å². The van der Waals surface area contributed by atoms with E-state index in [2.05, 4.69) is 5.43 Å². The molecule has 0 amide bonds. The molecule has 94 valence electrons. The Kier molecular flexibility index (Phi) is 6.06. The van der Waals surface area contributed by atoms with E-state index in [1.807, 2.05) is 6.07 Å². The van der Waals surface area contributed by atoms with Crippen molar-refractivity contribution in [1.29, 1.82) is 0 Å². The van der Waals surface area contributed by atoms with Gasteiger partial charge in [-0.15, -0.1) is 0 Å². The van der Waals surface area contributed by atoms with Gasteiger partial charge in [-0.2, -0.15) is 0 Å². The summed E-state index contributed by atoms with van der Waals surface area (Å²) in [4.78, 5) is 11.7. The molecule has 1 aromatic rings. The number of ether oxygens (including phenoxy) is 2. The number of nitrogens with two attached hydrogens (primary N) is 1. The molecule has 3 N–H and O–H groups in total. The molecule has 1 aromatic carbocycles. The van der Waals surface area contributed by atoms with Gasteiger partial charge in [-0.05, 0) is 25.0 Å². The molecular formula is C12H18N2O3. The first-order valence-corrected chi connectivity index (χ1v) is 5.53. The summed E-state index contributed by atoms with van der Waals surface area (Å²) in [5.41, 5.74) is 3.00. The zero-order chi connectivity index (χ0) is 12.5. The first kappa shape index (κ1) is 13.5. The maximum atomic E-state index is 11.7. The monoisotopic (exact) mass is 238 g/mol. The number of hydrogen-bond donors (Lipinski definition) is 2. The lowest BCUT2D eigenvalue weighted by molar-refractivity contribution is 0.0495. The summed E-state index contributed by atoms with van der Waals surface area (Å²) in [6.07, 6.45) is 1.65. The van der Waals surface area contributed by atoms with Gasteiger partial charge in [0.05, 0.1) is 13.7 Å². The third-order valence-corrected chi connectivity index (χ3v) is 2.28. The molecule has 0 saturated heterocycles. The van der Waals surface area contributed by atoms with Gasteiger partial charge in [0.25, 0.3) is 0 Å². The molecule has 1 rings (SSSR count). The highest BCUT2D eigenvalue weighted by Crippen LogP contribution is 2.18. The van der Waals surface area contributed by atoms with E-state index in [1.165, 1.54) is 7.11 Å². The number of carbonyl (C=O) groups is 1. The Bertz CT molecular complexity index is 355. The smallest absolute Gasteiger partial charge is 0.341 e. The highest BCUT2D eigenvalue weighted by molar-refractivity contribution is 5.92. The van der Waals surface area contributed by atoms with Gasteiger partial charge in [0, 0.05) is 6.54 Å². The fourth-order valence-electron chi connectivity index (χ4n) is 1.39. The normalized spacial score (nSPS) is 10.0. The van der Waals surface area contributed by atoms with Crippen molar-refractivity contribution in [3.63, 3.8) is 0 Å². The van der Waals surface area contributed by atoms with Gasteiger partial charge >= 0.3 is 5.97 Å². The minimum atomic E-state index is -0.358. The van der Waals surface area contributed by atoms with Crippen molar-refractivity contribution in [3.8, 4) is 5.75 Å². The van der Waals surface area contributed by atoms with E-state index in [9.17, 15) is 4.79 Å². The average molecular weight is 238 g/mol. The summed E-state index contributed by atoms with van der Waals surface area (Å²) in [5, 5.41) is 0. The Morgan fingerprint density at radius 3 is 2.82 bits per heavy atom. The van der Waals surface area contributed by atoms with Crippen LogP contribution >= 0.6 is 0 Å². The topological polar surface area (TPSA) is 73.6 Å². The summed E-state index contributed by atoms with van der Waals surface area (Å²) in [7, 11) is 1.53. The lowest BCUT2D eigenvalue weighted by Gasteiger charge is -2.08. The minimum Gasteiger partial charge on any atom is -0.496 e. The van der Waals surface area contributed by atoms with E-state index >= 15 is 0 Å². The van der Waals surface area contributed by atoms with E-state index in [-0.39, 0.29) is 5.97 Å². The van der Waals surface area contributed by atoms with Crippen LogP contribution in [-0.2, 0) is 4.74 Å². The van der Waals surface area contributed by atoms with Crippen LogP contribution in [0, 0.1) is 0 Å². The summed E-state index contributed by atoms with van der Waals surface area (Å²) >= 11 is 0. The summed E-state index contributed by atoms with van der Waals surface area (Å²) < 4.78 is 10.2. The van der Waals surface area contributed by atoms with E-state index < -0.39 is 0 Å². The molecule has 5 nitrogen and oxygen atoms in total. The Labute approximate surface area is 101 Å². The Morgan fingerprint density at radius 1 is 1.35 bits per heavy atom. The van der Waals surface area contributed by atoms with Crippen LogP contribution in [0.15, 0.2) is 24.3 Å². The highest BCUT2D eigenvalue weighted by atomic mass is 16.5. The zero-order valence-electron chi connectivity index (χ0n) is 9.94. The molecule has 0 aliphatic heterocycles. The second-order valence-corrected chi connectivity index (χ2v) is 3.50. The molecule has 0 fully saturated rings. The third-order valence-electron chi connectivity index (χ3n) is 2.28. The molecule has 0 bridgehead atoms. The number of rotatable bonds is 7.